The summed E-state index contributed by atoms with van der Waals surface area (Å²) in [6.07, 6.45) is -1.19. The van der Waals surface area contributed by atoms with E-state index in [-0.39, 0.29) is 5.91 Å². The van der Waals surface area contributed by atoms with E-state index < -0.39 is 11.4 Å². The van der Waals surface area contributed by atoms with Crippen molar-refractivity contribution in [2.75, 3.05) is 39.2 Å². The Morgan fingerprint density at radius 2 is 1.71 bits per heavy atom. The van der Waals surface area contributed by atoms with Crippen molar-refractivity contribution >= 4 is 23.4 Å². The van der Waals surface area contributed by atoms with Crippen LogP contribution in [0.25, 0.3) is 0 Å². The molecule has 2 atom stereocenters. The van der Waals surface area contributed by atoms with Gasteiger partial charge < -0.3 is 24.4 Å². The van der Waals surface area contributed by atoms with Gasteiger partial charge in [0.15, 0.2) is 0 Å². The van der Waals surface area contributed by atoms with Crippen molar-refractivity contribution in [3.05, 3.63) is 77.9 Å². The van der Waals surface area contributed by atoms with Gasteiger partial charge in [-0.3, -0.25) is 4.79 Å². The summed E-state index contributed by atoms with van der Waals surface area (Å²) < 4.78 is 11.4. The van der Waals surface area contributed by atoms with Crippen molar-refractivity contribution in [3.63, 3.8) is 0 Å². The maximum atomic E-state index is 13.4. The second-order valence-corrected chi connectivity index (χ2v) is 9.78. The SMILES string of the molecule is COc1ccc([C@@H]2Sc3cc(Oc4cccc(C)c4)ccc3N(CCN(C)C)C(=O)[C@@H]2O)cc1. The van der Waals surface area contributed by atoms with Gasteiger partial charge in [0, 0.05) is 18.0 Å². The van der Waals surface area contributed by atoms with E-state index in [9.17, 15) is 9.90 Å². The number of aliphatic hydroxyl groups is 1. The van der Waals surface area contributed by atoms with Gasteiger partial charge in [-0.15, -0.1) is 11.8 Å². The fourth-order valence-electron chi connectivity index (χ4n) is 3.87. The third kappa shape index (κ3) is 5.38. The molecule has 6 nitrogen and oxygen atoms in total. The average Bonchev–Trinajstić information content (AvgIpc) is 2.92. The first-order valence-corrected chi connectivity index (χ1v) is 12.1. The number of hydrogen-bond donors (Lipinski definition) is 1. The Morgan fingerprint density at radius 1 is 1.00 bits per heavy atom. The molecule has 3 aromatic carbocycles. The van der Waals surface area contributed by atoms with Crippen molar-refractivity contribution in [2.45, 2.75) is 23.2 Å². The number of nitrogens with zero attached hydrogens (tertiary/aromatic N) is 2. The molecule has 3 aromatic rings. The number of hydrogen-bond acceptors (Lipinski definition) is 6. The number of methoxy groups -OCH3 is 1. The first kappa shape index (κ1) is 24.1. The molecule has 0 bridgehead atoms. The number of aliphatic hydroxyl groups excluding tert-OH is 1. The zero-order valence-electron chi connectivity index (χ0n) is 19.9. The first-order valence-electron chi connectivity index (χ1n) is 11.2. The van der Waals surface area contributed by atoms with Crippen LogP contribution in [-0.2, 0) is 4.79 Å². The molecule has 1 aliphatic heterocycles. The van der Waals surface area contributed by atoms with Crippen molar-refractivity contribution in [2.24, 2.45) is 0 Å². The smallest absolute Gasteiger partial charge is 0.257 e. The van der Waals surface area contributed by atoms with Gasteiger partial charge in [0.2, 0.25) is 0 Å². The highest BCUT2D eigenvalue weighted by atomic mass is 32.2. The van der Waals surface area contributed by atoms with Crippen LogP contribution < -0.4 is 14.4 Å². The van der Waals surface area contributed by atoms with Crippen LogP contribution in [0.2, 0.25) is 0 Å². The van der Waals surface area contributed by atoms with Gasteiger partial charge in [-0.25, -0.2) is 0 Å². The number of amides is 1. The summed E-state index contributed by atoms with van der Waals surface area (Å²) in [5.74, 6) is 1.86. The maximum Gasteiger partial charge on any atom is 0.257 e. The second kappa shape index (κ2) is 10.5. The van der Waals surface area contributed by atoms with Crippen LogP contribution in [0.4, 0.5) is 5.69 Å². The highest BCUT2D eigenvalue weighted by Gasteiger charge is 2.37. The van der Waals surface area contributed by atoms with Gasteiger partial charge in [-0.05, 0) is 74.6 Å². The summed E-state index contributed by atoms with van der Waals surface area (Å²) in [6.45, 7) is 3.18. The lowest BCUT2D eigenvalue weighted by Gasteiger charge is -2.26. The van der Waals surface area contributed by atoms with Gasteiger partial charge in [0.05, 0.1) is 18.0 Å². The molecule has 0 spiro atoms. The van der Waals surface area contributed by atoms with Crippen molar-refractivity contribution in [1.29, 1.82) is 0 Å². The van der Waals surface area contributed by atoms with E-state index in [0.717, 1.165) is 33.2 Å². The molecular formula is C27H30N2O4S. The molecule has 0 unspecified atom stereocenters. The van der Waals surface area contributed by atoms with Crippen molar-refractivity contribution in [1.82, 2.24) is 4.90 Å². The van der Waals surface area contributed by atoms with Crippen LogP contribution in [-0.4, -0.2) is 56.3 Å². The van der Waals surface area contributed by atoms with Crippen LogP contribution >= 0.6 is 11.8 Å². The van der Waals surface area contributed by atoms with Gasteiger partial charge in [0.1, 0.15) is 23.4 Å². The molecular weight excluding hydrogens is 448 g/mol. The third-order valence-corrected chi connectivity index (χ3v) is 7.09. The van der Waals surface area contributed by atoms with Crippen LogP contribution in [0.1, 0.15) is 16.4 Å². The molecule has 34 heavy (non-hydrogen) atoms. The molecule has 0 aliphatic carbocycles. The van der Waals surface area contributed by atoms with E-state index in [2.05, 4.69) is 0 Å². The monoisotopic (exact) mass is 478 g/mol. The van der Waals surface area contributed by atoms with Crippen molar-refractivity contribution < 1.29 is 19.4 Å². The molecule has 1 heterocycles. The van der Waals surface area contributed by atoms with Gasteiger partial charge in [-0.2, -0.15) is 0 Å². The average molecular weight is 479 g/mol. The van der Waals surface area contributed by atoms with Gasteiger partial charge in [-0.1, -0.05) is 24.3 Å². The van der Waals surface area contributed by atoms with E-state index in [1.165, 1.54) is 11.8 Å². The Balaban J connectivity index is 1.72. The minimum atomic E-state index is -1.19. The molecule has 0 fully saturated rings. The number of likely N-dealkylation sites (N-methyl/N-ethyl adjacent to an activating group) is 1. The number of aryl methyl sites for hydroxylation is 1. The summed E-state index contributed by atoms with van der Waals surface area (Å²) in [5, 5.41) is 10.7. The lowest BCUT2D eigenvalue weighted by Crippen LogP contribution is -2.43. The zero-order valence-corrected chi connectivity index (χ0v) is 20.7. The van der Waals surface area contributed by atoms with Gasteiger partial charge in [0.25, 0.3) is 5.91 Å². The van der Waals surface area contributed by atoms with Crippen LogP contribution in [0.15, 0.2) is 71.6 Å². The minimum Gasteiger partial charge on any atom is -0.497 e. The predicted molar refractivity (Wildman–Crippen MR) is 136 cm³/mol. The maximum absolute atomic E-state index is 13.4. The largest absolute Gasteiger partial charge is 0.497 e. The Labute approximate surface area is 205 Å². The summed E-state index contributed by atoms with van der Waals surface area (Å²) in [7, 11) is 5.54. The number of thioether (sulfide) groups is 1. The molecule has 7 heteroatoms. The number of fused-ring (bicyclic) bond motifs is 1. The number of ether oxygens (including phenoxy) is 2. The molecule has 178 valence electrons. The van der Waals surface area contributed by atoms with E-state index in [1.807, 2.05) is 92.6 Å². The quantitative estimate of drug-likeness (QED) is 0.521. The fourth-order valence-corrected chi connectivity index (χ4v) is 5.17. The normalized spacial score (nSPS) is 17.9. The molecule has 1 amide bonds. The van der Waals surface area contributed by atoms with Crippen LogP contribution in [0.5, 0.6) is 17.2 Å². The summed E-state index contributed by atoms with van der Waals surface area (Å²) in [4.78, 5) is 18.0. The standard InChI is InChI=1S/C27H30N2O4S/c1-18-6-5-7-21(16-18)33-22-12-13-23-24(17-22)34-26(19-8-10-20(32-4)11-9-19)25(30)27(31)29(23)15-14-28(2)3/h5-13,16-17,25-26,30H,14-15H2,1-4H3/t25-,26+/m1/s1. The van der Waals surface area contributed by atoms with E-state index >= 15 is 0 Å². The minimum absolute atomic E-state index is 0.304. The molecule has 0 saturated heterocycles. The Morgan fingerprint density at radius 3 is 2.38 bits per heavy atom. The summed E-state index contributed by atoms with van der Waals surface area (Å²) in [6, 6.07) is 21.1. The highest BCUT2D eigenvalue weighted by molar-refractivity contribution is 7.99. The lowest BCUT2D eigenvalue weighted by molar-refractivity contribution is -0.126. The molecule has 1 aliphatic rings. The van der Waals surface area contributed by atoms with Crippen LogP contribution in [0.3, 0.4) is 0 Å². The molecule has 0 saturated carbocycles. The summed E-state index contributed by atoms with van der Waals surface area (Å²) >= 11 is 1.48. The van der Waals surface area contributed by atoms with Crippen molar-refractivity contribution in [3.8, 4) is 17.2 Å². The van der Waals surface area contributed by atoms with Crippen LogP contribution in [0, 0.1) is 6.92 Å². The Kier molecular flexibility index (Phi) is 7.46. The fraction of sp³-hybridized carbons (Fsp3) is 0.296. The van der Waals surface area contributed by atoms with E-state index in [0.29, 0.717) is 18.8 Å². The lowest BCUT2D eigenvalue weighted by atomic mass is 10.1. The first-order chi connectivity index (χ1) is 16.4. The Hall–Kier alpha value is -3.00. The van der Waals surface area contributed by atoms with E-state index in [4.69, 9.17) is 9.47 Å². The molecule has 0 aromatic heterocycles. The van der Waals surface area contributed by atoms with Gasteiger partial charge >= 0.3 is 0 Å². The van der Waals surface area contributed by atoms with E-state index in [1.54, 1.807) is 12.0 Å². The molecule has 0 radical (unpaired) electrons. The third-order valence-electron chi connectivity index (χ3n) is 5.72. The highest BCUT2D eigenvalue weighted by Crippen LogP contribution is 2.47. The topological polar surface area (TPSA) is 62.2 Å². The second-order valence-electron chi connectivity index (χ2n) is 8.60. The predicted octanol–water partition coefficient (Wildman–Crippen LogP) is 4.90. The molecule has 1 N–H and O–H groups in total. The number of rotatable bonds is 7. The zero-order chi connectivity index (χ0) is 24.2. The number of anilines is 1. The molecule has 4 rings (SSSR count). The number of carbonyl (C=O) groups excluding carboxylic acids is 1. The number of benzene rings is 3. The summed E-state index contributed by atoms with van der Waals surface area (Å²) in [5.41, 5.74) is 2.75. The number of carbonyl (C=O) groups is 1. The Bertz CT molecular complexity index is 1150.